The van der Waals surface area contributed by atoms with Crippen LogP contribution < -0.4 is 0 Å². The standard InChI is InChI=1S/C15H19BrClFO/c1-15(2)8-4-3-5-10(15)14(19)9-6-7-11(16)12(17)13(9)18/h6-7,10,14,19H,3-5,8H2,1-2H3. The predicted octanol–water partition coefficient (Wildman–Crippen LogP) is 5.49. The minimum atomic E-state index is -0.791. The molecule has 106 valence electrons. The van der Waals surface area contributed by atoms with Gasteiger partial charge in [0, 0.05) is 10.0 Å². The van der Waals surface area contributed by atoms with Gasteiger partial charge < -0.3 is 5.11 Å². The highest BCUT2D eigenvalue weighted by molar-refractivity contribution is 9.10. The second kappa shape index (κ2) is 5.71. The molecule has 1 aliphatic carbocycles. The molecule has 0 bridgehead atoms. The lowest BCUT2D eigenvalue weighted by atomic mass is 9.65. The number of aliphatic hydroxyl groups is 1. The van der Waals surface area contributed by atoms with Crippen LogP contribution in [0, 0.1) is 17.2 Å². The molecule has 0 saturated heterocycles. The summed E-state index contributed by atoms with van der Waals surface area (Å²) >= 11 is 9.10. The van der Waals surface area contributed by atoms with Crippen LogP contribution in [0.4, 0.5) is 4.39 Å². The zero-order chi connectivity index (χ0) is 14.2. The van der Waals surface area contributed by atoms with Gasteiger partial charge in [-0.1, -0.05) is 44.4 Å². The monoisotopic (exact) mass is 348 g/mol. The van der Waals surface area contributed by atoms with E-state index >= 15 is 0 Å². The second-order valence-corrected chi connectivity index (χ2v) is 7.28. The van der Waals surface area contributed by atoms with Gasteiger partial charge >= 0.3 is 0 Å². The van der Waals surface area contributed by atoms with Crippen LogP contribution in [0.25, 0.3) is 0 Å². The first-order chi connectivity index (χ1) is 8.84. The third-order valence-electron chi connectivity index (χ3n) is 4.35. The smallest absolute Gasteiger partial charge is 0.148 e. The molecule has 1 saturated carbocycles. The van der Waals surface area contributed by atoms with Crippen LogP contribution >= 0.6 is 27.5 Å². The molecule has 1 aromatic rings. The third kappa shape index (κ3) is 2.98. The van der Waals surface area contributed by atoms with Crippen molar-refractivity contribution in [3.63, 3.8) is 0 Å². The molecule has 1 aromatic carbocycles. The van der Waals surface area contributed by atoms with E-state index in [2.05, 4.69) is 29.8 Å². The molecule has 1 N–H and O–H groups in total. The summed E-state index contributed by atoms with van der Waals surface area (Å²) in [6.45, 7) is 4.30. The van der Waals surface area contributed by atoms with E-state index in [-0.39, 0.29) is 16.4 Å². The minimum absolute atomic E-state index is 0.0314. The van der Waals surface area contributed by atoms with Gasteiger partial charge in [0.2, 0.25) is 0 Å². The fourth-order valence-electron chi connectivity index (χ4n) is 3.09. The fraction of sp³-hybridized carbons (Fsp3) is 0.600. The Balaban J connectivity index is 2.33. The lowest BCUT2D eigenvalue weighted by Gasteiger charge is -2.41. The first-order valence-corrected chi connectivity index (χ1v) is 7.83. The van der Waals surface area contributed by atoms with Gasteiger partial charge in [-0.25, -0.2) is 4.39 Å². The molecule has 2 atom stereocenters. The molecule has 2 unspecified atom stereocenters. The molecule has 0 aliphatic heterocycles. The Hall–Kier alpha value is -0.120. The highest BCUT2D eigenvalue weighted by Crippen LogP contribution is 2.47. The van der Waals surface area contributed by atoms with Crippen molar-refractivity contribution >= 4 is 27.5 Å². The Kier molecular flexibility index (Phi) is 4.59. The summed E-state index contributed by atoms with van der Waals surface area (Å²) < 4.78 is 14.7. The lowest BCUT2D eigenvalue weighted by molar-refractivity contribution is 0.00200. The van der Waals surface area contributed by atoms with Crippen molar-refractivity contribution in [2.75, 3.05) is 0 Å². The maximum Gasteiger partial charge on any atom is 0.148 e. The number of halogens is 3. The summed E-state index contributed by atoms with van der Waals surface area (Å²) in [4.78, 5) is 0. The van der Waals surface area contributed by atoms with E-state index in [0.29, 0.717) is 10.0 Å². The van der Waals surface area contributed by atoms with Crippen LogP contribution in [-0.2, 0) is 0 Å². The second-order valence-electron chi connectivity index (χ2n) is 6.05. The van der Waals surface area contributed by atoms with Crippen LogP contribution in [0.1, 0.15) is 51.2 Å². The Morgan fingerprint density at radius 2 is 2.11 bits per heavy atom. The van der Waals surface area contributed by atoms with Gasteiger partial charge in [-0.05, 0) is 46.2 Å². The zero-order valence-electron chi connectivity index (χ0n) is 11.2. The van der Waals surface area contributed by atoms with Gasteiger partial charge in [-0.3, -0.25) is 0 Å². The van der Waals surface area contributed by atoms with Crippen molar-refractivity contribution in [2.24, 2.45) is 11.3 Å². The topological polar surface area (TPSA) is 20.2 Å². The molecular formula is C15H19BrClFO. The molecule has 0 spiro atoms. The van der Waals surface area contributed by atoms with Gasteiger partial charge in [0.15, 0.2) is 0 Å². The number of aliphatic hydroxyl groups excluding tert-OH is 1. The molecule has 1 aliphatic rings. The number of rotatable bonds is 2. The quantitative estimate of drug-likeness (QED) is 0.700. The predicted molar refractivity (Wildman–Crippen MR) is 79.8 cm³/mol. The van der Waals surface area contributed by atoms with Crippen LogP contribution in [0.15, 0.2) is 16.6 Å². The summed E-state index contributed by atoms with van der Waals surface area (Å²) in [5, 5.41) is 10.6. The Morgan fingerprint density at radius 3 is 2.74 bits per heavy atom. The Morgan fingerprint density at radius 1 is 1.42 bits per heavy atom. The van der Waals surface area contributed by atoms with Crippen molar-refractivity contribution < 1.29 is 9.50 Å². The maximum absolute atomic E-state index is 14.2. The largest absolute Gasteiger partial charge is 0.388 e. The molecule has 1 fully saturated rings. The maximum atomic E-state index is 14.2. The summed E-state index contributed by atoms with van der Waals surface area (Å²) in [5.41, 5.74) is 0.345. The summed E-state index contributed by atoms with van der Waals surface area (Å²) in [7, 11) is 0. The van der Waals surface area contributed by atoms with Crippen LogP contribution in [0.2, 0.25) is 5.02 Å². The molecule has 19 heavy (non-hydrogen) atoms. The van der Waals surface area contributed by atoms with Crippen LogP contribution in [0.5, 0.6) is 0 Å². The highest BCUT2D eigenvalue weighted by atomic mass is 79.9. The van der Waals surface area contributed by atoms with E-state index < -0.39 is 11.9 Å². The van der Waals surface area contributed by atoms with E-state index in [1.807, 2.05) is 0 Å². The van der Waals surface area contributed by atoms with E-state index in [0.717, 1.165) is 19.3 Å². The fourth-order valence-corrected chi connectivity index (χ4v) is 3.57. The minimum Gasteiger partial charge on any atom is -0.388 e. The number of benzene rings is 1. The Bertz CT molecular complexity index is 475. The van der Waals surface area contributed by atoms with Crippen molar-refractivity contribution in [3.8, 4) is 0 Å². The molecule has 4 heteroatoms. The molecule has 0 heterocycles. The van der Waals surface area contributed by atoms with Gasteiger partial charge in [-0.15, -0.1) is 0 Å². The Labute approximate surface area is 127 Å². The van der Waals surface area contributed by atoms with E-state index in [4.69, 9.17) is 11.6 Å². The van der Waals surface area contributed by atoms with Crippen molar-refractivity contribution in [3.05, 3.63) is 33.0 Å². The van der Waals surface area contributed by atoms with Gasteiger partial charge in [0.1, 0.15) is 5.82 Å². The van der Waals surface area contributed by atoms with Crippen molar-refractivity contribution in [2.45, 2.75) is 45.6 Å². The average molecular weight is 350 g/mol. The van der Waals surface area contributed by atoms with Crippen molar-refractivity contribution in [1.29, 1.82) is 0 Å². The summed E-state index contributed by atoms with van der Waals surface area (Å²) in [5.74, 6) is -0.432. The zero-order valence-corrected chi connectivity index (χ0v) is 13.6. The number of hydrogen-bond acceptors (Lipinski definition) is 1. The van der Waals surface area contributed by atoms with Crippen LogP contribution in [0.3, 0.4) is 0 Å². The number of hydrogen-bond donors (Lipinski definition) is 1. The highest BCUT2D eigenvalue weighted by Gasteiger charge is 2.38. The third-order valence-corrected chi connectivity index (χ3v) is 5.61. The van der Waals surface area contributed by atoms with Gasteiger partial charge in [-0.2, -0.15) is 0 Å². The first kappa shape index (κ1) is 15.3. The van der Waals surface area contributed by atoms with Gasteiger partial charge in [0.05, 0.1) is 11.1 Å². The van der Waals surface area contributed by atoms with E-state index in [1.165, 1.54) is 6.42 Å². The average Bonchev–Trinajstić information content (AvgIpc) is 2.35. The normalized spacial score (nSPS) is 24.2. The molecule has 0 amide bonds. The SMILES string of the molecule is CC1(C)CCCCC1C(O)c1ccc(Br)c(Cl)c1F. The molecule has 2 rings (SSSR count). The van der Waals surface area contributed by atoms with E-state index in [9.17, 15) is 9.50 Å². The van der Waals surface area contributed by atoms with Crippen molar-refractivity contribution in [1.82, 2.24) is 0 Å². The molecule has 0 aromatic heterocycles. The molecule has 1 nitrogen and oxygen atoms in total. The molecule has 0 radical (unpaired) electrons. The van der Waals surface area contributed by atoms with E-state index in [1.54, 1.807) is 12.1 Å². The first-order valence-electron chi connectivity index (χ1n) is 6.66. The summed E-state index contributed by atoms with van der Waals surface area (Å²) in [6, 6.07) is 3.32. The summed E-state index contributed by atoms with van der Waals surface area (Å²) in [6.07, 6.45) is 3.49. The van der Waals surface area contributed by atoms with Crippen LogP contribution in [-0.4, -0.2) is 5.11 Å². The molecular weight excluding hydrogens is 331 g/mol. The van der Waals surface area contributed by atoms with Gasteiger partial charge in [0.25, 0.3) is 0 Å². The lowest BCUT2D eigenvalue weighted by Crippen LogP contribution is -2.33.